The van der Waals surface area contributed by atoms with Gasteiger partial charge in [0.1, 0.15) is 11.5 Å². The molecule has 2 aromatic rings. The van der Waals surface area contributed by atoms with Crippen molar-refractivity contribution in [3.05, 3.63) is 42.1 Å². The smallest absolute Gasteiger partial charge is 0.241 e. The average molecular weight is 315 g/mol. The van der Waals surface area contributed by atoms with Crippen LogP contribution in [0.5, 0.6) is 17.4 Å². The third-order valence-electron chi connectivity index (χ3n) is 3.38. The molecule has 0 saturated heterocycles. The van der Waals surface area contributed by atoms with E-state index in [1.807, 2.05) is 26.0 Å². The fraction of sp³-hybridized carbons (Fsp3) is 0.294. The predicted octanol–water partition coefficient (Wildman–Crippen LogP) is 2.87. The molecule has 0 spiro atoms. The van der Waals surface area contributed by atoms with Crippen LogP contribution in [-0.2, 0) is 4.79 Å². The van der Waals surface area contributed by atoms with E-state index in [0.717, 1.165) is 11.3 Å². The van der Waals surface area contributed by atoms with Crippen molar-refractivity contribution in [3.8, 4) is 17.4 Å². The normalized spacial score (nSPS) is 11.7. The molecule has 1 heterocycles. The molecule has 0 aliphatic heterocycles. The van der Waals surface area contributed by atoms with Crippen LogP contribution in [0.1, 0.15) is 18.9 Å². The van der Waals surface area contributed by atoms with Gasteiger partial charge in [-0.25, -0.2) is 4.98 Å². The summed E-state index contributed by atoms with van der Waals surface area (Å²) in [6.07, 6.45) is 2.11. The third kappa shape index (κ3) is 4.43. The zero-order valence-corrected chi connectivity index (χ0v) is 13.5. The molecule has 0 aliphatic rings. The molecule has 1 aromatic carbocycles. The number of pyridine rings is 1. The number of nitrogens with one attached hydrogen (secondary N) is 1. The van der Waals surface area contributed by atoms with E-state index in [4.69, 9.17) is 15.2 Å². The van der Waals surface area contributed by atoms with Crippen LogP contribution in [0.15, 0.2) is 36.5 Å². The highest BCUT2D eigenvalue weighted by atomic mass is 16.5. The largest absolute Gasteiger partial charge is 0.496 e. The van der Waals surface area contributed by atoms with Crippen LogP contribution >= 0.6 is 0 Å². The summed E-state index contributed by atoms with van der Waals surface area (Å²) in [6.45, 7) is 3.81. The molecule has 0 aliphatic carbocycles. The molecular formula is C17H21N3O3. The maximum atomic E-state index is 11.7. The molecule has 1 unspecified atom stereocenters. The van der Waals surface area contributed by atoms with Gasteiger partial charge in [0.05, 0.1) is 25.0 Å². The molecule has 1 atom stereocenters. The fourth-order valence-electron chi connectivity index (χ4n) is 1.92. The van der Waals surface area contributed by atoms with Crippen LogP contribution in [0.3, 0.4) is 0 Å². The number of rotatable bonds is 6. The van der Waals surface area contributed by atoms with E-state index in [9.17, 15) is 4.79 Å². The molecule has 0 bridgehead atoms. The van der Waals surface area contributed by atoms with E-state index in [1.165, 1.54) is 6.20 Å². The molecule has 1 aromatic heterocycles. The van der Waals surface area contributed by atoms with Gasteiger partial charge in [0.25, 0.3) is 0 Å². The molecule has 3 N–H and O–H groups in total. The van der Waals surface area contributed by atoms with Crippen molar-refractivity contribution in [2.75, 3.05) is 12.4 Å². The number of carbonyl (C=O) groups excluding carboxylic acids is 1. The summed E-state index contributed by atoms with van der Waals surface area (Å²) in [7, 11) is 1.61. The van der Waals surface area contributed by atoms with Crippen LogP contribution < -0.4 is 20.5 Å². The first-order chi connectivity index (χ1) is 11.0. The van der Waals surface area contributed by atoms with E-state index in [-0.39, 0.29) is 5.91 Å². The van der Waals surface area contributed by atoms with Gasteiger partial charge in [-0.1, -0.05) is 13.0 Å². The Morgan fingerprint density at radius 3 is 2.74 bits per heavy atom. The second-order valence-corrected chi connectivity index (χ2v) is 5.12. The minimum absolute atomic E-state index is 0.230. The van der Waals surface area contributed by atoms with Gasteiger partial charge in [-0.05, 0) is 31.0 Å². The van der Waals surface area contributed by atoms with Gasteiger partial charge in [0.15, 0.2) is 0 Å². The zero-order valence-electron chi connectivity index (χ0n) is 13.5. The summed E-state index contributed by atoms with van der Waals surface area (Å²) < 4.78 is 10.9. The van der Waals surface area contributed by atoms with E-state index in [0.29, 0.717) is 23.7 Å². The molecule has 1 amide bonds. The Labute approximate surface area is 135 Å². The van der Waals surface area contributed by atoms with Gasteiger partial charge in [-0.2, -0.15) is 0 Å². The Kier molecular flexibility index (Phi) is 5.54. The van der Waals surface area contributed by atoms with Crippen molar-refractivity contribution < 1.29 is 14.3 Å². The molecule has 6 nitrogen and oxygen atoms in total. The Morgan fingerprint density at radius 1 is 1.35 bits per heavy atom. The quantitative estimate of drug-likeness (QED) is 0.856. The standard InChI is InChI=1S/C17H21N3O3/c1-4-14(18)17(21)20-12-6-8-16(19-10-12)23-13-7-5-11(2)15(9-13)22-3/h5-10,14H,4,18H2,1-3H3,(H,20,21). The van der Waals surface area contributed by atoms with Gasteiger partial charge in [-0.3, -0.25) is 4.79 Å². The highest BCUT2D eigenvalue weighted by Gasteiger charge is 2.11. The van der Waals surface area contributed by atoms with Crippen molar-refractivity contribution in [2.45, 2.75) is 26.3 Å². The van der Waals surface area contributed by atoms with E-state index >= 15 is 0 Å². The first-order valence-corrected chi connectivity index (χ1v) is 7.38. The van der Waals surface area contributed by atoms with Crippen molar-refractivity contribution in [1.29, 1.82) is 0 Å². The SMILES string of the molecule is CCC(N)C(=O)Nc1ccc(Oc2ccc(C)c(OC)c2)nc1. The maximum absolute atomic E-state index is 11.7. The van der Waals surface area contributed by atoms with Gasteiger partial charge in [0, 0.05) is 12.1 Å². The number of aromatic nitrogens is 1. The first kappa shape index (κ1) is 16.8. The van der Waals surface area contributed by atoms with E-state index in [1.54, 1.807) is 25.3 Å². The number of aryl methyl sites for hydroxylation is 1. The van der Waals surface area contributed by atoms with Crippen LogP contribution in [0.4, 0.5) is 5.69 Å². The number of methoxy groups -OCH3 is 1. The molecule has 23 heavy (non-hydrogen) atoms. The summed E-state index contributed by atoms with van der Waals surface area (Å²) >= 11 is 0. The summed E-state index contributed by atoms with van der Waals surface area (Å²) in [5.74, 6) is 1.57. The fourth-order valence-corrected chi connectivity index (χ4v) is 1.92. The second kappa shape index (κ2) is 7.60. The number of nitrogens with two attached hydrogens (primary N) is 1. The van der Waals surface area contributed by atoms with Gasteiger partial charge < -0.3 is 20.5 Å². The summed E-state index contributed by atoms with van der Waals surface area (Å²) in [5, 5.41) is 2.71. The number of carbonyl (C=O) groups is 1. The van der Waals surface area contributed by atoms with Crippen LogP contribution in [-0.4, -0.2) is 24.0 Å². The van der Waals surface area contributed by atoms with Crippen LogP contribution in [0.25, 0.3) is 0 Å². The lowest BCUT2D eigenvalue weighted by molar-refractivity contribution is -0.117. The molecule has 0 fully saturated rings. The highest BCUT2D eigenvalue weighted by Crippen LogP contribution is 2.27. The maximum Gasteiger partial charge on any atom is 0.241 e. The third-order valence-corrected chi connectivity index (χ3v) is 3.38. The van der Waals surface area contributed by atoms with Crippen molar-refractivity contribution in [2.24, 2.45) is 5.73 Å². The summed E-state index contributed by atoms with van der Waals surface area (Å²) in [6, 6.07) is 8.43. The lowest BCUT2D eigenvalue weighted by Crippen LogP contribution is -2.34. The lowest BCUT2D eigenvalue weighted by Gasteiger charge is -2.11. The monoisotopic (exact) mass is 315 g/mol. The molecule has 0 saturated carbocycles. The van der Waals surface area contributed by atoms with Crippen molar-refractivity contribution in [1.82, 2.24) is 4.98 Å². The number of nitrogens with zero attached hydrogens (tertiary/aromatic N) is 1. The highest BCUT2D eigenvalue weighted by molar-refractivity contribution is 5.94. The van der Waals surface area contributed by atoms with E-state index < -0.39 is 6.04 Å². The summed E-state index contributed by atoms with van der Waals surface area (Å²) in [4.78, 5) is 15.9. The Hall–Kier alpha value is -2.60. The lowest BCUT2D eigenvalue weighted by atomic mass is 10.2. The van der Waals surface area contributed by atoms with Crippen molar-refractivity contribution in [3.63, 3.8) is 0 Å². The molecular weight excluding hydrogens is 294 g/mol. The molecule has 2 rings (SSSR count). The van der Waals surface area contributed by atoms with Gasteiger partial charge in [-0.15, -0.1) is 0 Å². The van der Waals surface area contributed by atoms with Crippen LogP contribution in [0, 0.1) is 6.92 Å². The van der Waals surface area contributed by atoms with Crippen LogP contribution in [0.2, 0.25) is 0 Å². The Balaban J connectivity index is 2.04. The number of anilines is 1. The molecule has 6 heteroatoms. The number of ether oxygens (including phenoxy) is 2. The molecule has 122 valence electrons. The zero-order chi connectivity index (χ0) is 16.8. The first-order valence-electron chi connectivity index (χ1n) is 7.38. The number of hydrogen-bond donors (Lipinski definition) is 2. The van der Waals surface area contributed by atoms with Gasteiger partial charge in [0.2, 0.25) is 11.8 Å². The minimum atomic E-state index is -0.522. The Morgan fingerprint density at radius 2 is 2.13 bits per heavy atom. The minimum Gasteiger partial charge on any atom is -0.496 e. The topological polar surface area (TPSA) is 86.5 Å². The van der Waals surface area contributed by atoms with E-state index in [2.05, 4.69) is 10.3 Å². The molecule has 0 radical (unpaired) electrons. The predicted molar refractivity (Wildman–Crippen MR) is 88.9 cm³/mol. The van der Waals surface area contributed by atoms with Crippen molar-refractivity contribution >= 4 is 11.6 Å². The number of amides is 1. The number of benzene rings is 1. The second-order valence-electron chi connectivity index (χ2n) is 5.12. The Bertz CT molecular complexity index is 671. The average Bonchev–Trinajstić information content (AvgIpc) is 2.57. The number of hydrogen-bond acceptors (Lipinski definition) is 5. The van der Waals surface area contributed by atoms with Gasteiger partial charge >= 0.3 is 0 Å². The summed E-state index contributed by atoms with van der Waals surface area (Å²) in [5.41, 5.74) is 7.27.